The van der Waals surface area contributed by atoms with Gasteiger partial charge in [0.1, 0.15) is 0 Å². The van der Waals surface area contributed by atoms with Gasteiger partial charge in [-0.25, -0.2) is 4.79 Å². The number of rotatable bonds is 9. The Morgan fingerprint density at radius 3 is 2.26 bits per heavy atom. The van der Waals surface area contributed by atoms with Gasteiger partial charge < -0.3 is 20.5 Å². The zero-order valence-corrected chi connectivity index (χ0v) is 14.2. The molecule has 0 aromatic heterocycles. The zero-order valence-electron chi connectivity index (χ0n) is 14.2. The van der Waals surface area contributed by atoms with Crippen LogP contribution in [0, 0.1) is 5.92 Å². The fourth-order valence-corrected chi connectivity index (χ4v) is 2.37. The van der Waals surface area contributed by atoms with Gasteiger partial charge in [0, 0.05) is 6.04 Å². The van der Waals surface area contributed by atoms with Gasteiger partial charge >= 0.3 is 6.03 Å². The molecular weight excluding hydrogens is 292 g/mol. The number of aliphatic carboxylic acids is 1. The summed E-state index contributed by atoms with van der Waals surface area (Å²) in [5, 5.41) is 16.5. The van der Waals surface area contributed by atoms with E-state index in [9.17, 15) is 14.7 Å². The first-order valence-electron chi connectivity index (χ1n) is 8.20. The summed E-state index contributed by atoms with van der Waals surface area (Å²) in [6.07, 6.45) is 3.23. The smallest absolute Gasteiger partial charge is 0.315 e. The molecule has 0 radical (unpaired) electrons. The third-order valence-corrected chi connectivity index (χ3v) is 3.67. The maximum absolute atomic E-state index is 11.9. The first-order chi connectivity index (χ1) is 10.9. The molecule has 2 atom stereocenters. The minimum atomic E-state index is -1.28. The van der Waals surface area contributed by atoms with Crippen LogP contribution in [-0.4, -0.2) is 24.1 Å². The predicted octanol–water partition coefficient (Wildman–Crippen LogP) is 1.86. The Kier molecular flexibility index (Phi) is 8.16. The minimum Gasteiger partial charge on any atom is -0.548 e. The second-order valence-corrected chi connectivity index (χ2v) is 6.40. The van der Waals surface area contributed by atoms with E-state index < -0.39 is 18.0 Å². The fourth-order valence-electron chi connectivity index (χ4n) is 2.37. The topological polar surface area (TPSA) is 81.3 Å². The van der Waals surface area contributed by atoms with Crippen molar-refractivity contribution in [2.75, 3.05) is 0 Å². The molecule has 0 aliphatic carbocycles. The van der Waals surface area contributed by atoms with Crippen LogP contribution >= 0.6 is 0 Å². The molecule has 0 aliphatic rings. The van der Waals surface area contributed by atoms with Gasteiger partial charge in [-0.3, -0.25) is 0 Å². The third kappa shape index (κ3) is 8.24. The number of carboxylic acids is 1. The van der Waals surface area contributed by atoms with Gasteiger partial charge in [0.2, 0.25) is 0 Å². The molecule has 2 amide bonds. The summed E-state index contributed by atoms with van der Waals surface area (Å²) in [5.74, 6) is -0.638. The van der Waals surface area contributed by atoms with Crippen LogP contribution in [-0.2, 0) is 11.2 Å². The quantitative estimate of drug-likeness (QED) is 0.729. The molecule has 23 heavy (non-hydrogen) atoms. The van der Waals surface area contributed by atoms with Crippen molar-refractivity contribution in [3.8, 4) is 0 Å². The molecule has 5 nitrogen and oxygen atoms in total. The summed E-state index contributed by atoms with van der Waals surface area (Å²) < 4.78 is 0. The number of amides is 2. The highest BCUT2D eigenvalue weighted by Gasteiger charge is 2.15. The lowest BCUT2D eigenvalue weighted by molar-refractivity contribution is -0.308. The molecule has 128 valence electrons. The van der Waals surface area contributed by atoms with Crippen molar-refractivity contribution in [1.29, 1.82) is 0 Å². The lowest BCUT2D eigenvalue weighted by Crippen LogP contribution is -2.53. The highest BCUT2D eigenvalue weighted by molar-refractivity contribution is 5.81. The normalized spacial score (nSPS) is 13.4. The molecule has 0 saturated heterocycles. The van der Waals surface area contributed by atoms with Gasteiger partial charge in [0.15, 0.2) is 0 Å². The van der Waals surface area contributed by atoms with E-state index in [0.29, 0.717) is 5.92 Å². The monoisotopic (exact) mass is 319 g/mol. The van der Waals surface area contributed by atoms with Gasteiger partial charge in [-0.05, 0) is 31.2 Å². The molecule has 2 N–H and O–H groups in total. The molecule has 5 heteroatoms. The molecule has 0 unspecified atom stereocenters. The first kappa shape index (κ1) is 19.0. The standard InChI is InChI=1S/C18H28N2O3/c1-13(2)8-7-9-14(3)19-18(23)20-16(17(21)22)12-15-10-5-4-6-11-15/h4-6,10-11,13-14,16H,7-9,12H2,1-3H3,(H,21,22)(H2,19,20,23)/p-1/t14-,16+/m1/s1. The van der Waals surface area contributed by atoms with E-state index in [1.165, 1.54) is 0 Å². The van der Waals surface area contributed by atoms with Crippen molar-refractivity contribution in [1.82, 2.24) is 10.6 Å². The Bertz CT molecular complexity index is 488. The number of benzene rings is 1. The van der Waals surface area contributed by atoms with Gasteiger partial charge in [0.25, 0.3) is 0 Å². The van der Waals surface area contributed by atoms with Crippen LogP contribution in [0.4, 0.5) is 4.79 Å². The SMILES string of the molecule is CC(C)CCC[C@@H](C)NC(=O)N[C@@H](Cc1ccccc1)C(=O)[O-]. The van der Waals surface area contributed by atoms with Crippen LogP contribution < -0.4 is 15.7 Å². The maximum atomic E-state index is 11.9. The van der Waals surface area contributed by atoms with Crippen LogP contribution in [0.25, 0.3) is 0 Å². The van der Waals surface area contributed by atoms with Crippen molar-refractivity contribution in [2.24, 2.45) is 5.92 Å². The van der Waals surface area contributed by atoms with Gasteiger partial charge in [0.05, 0.1) is 12.0 Å². The largest absolute Gasteiger partial charge is 0.548 e. The average molecular weight is 319 g/mol. The molecule has 1 aromatic carbocycles. The van der Waals surface area contributed by atoms with Gasteiger partial charge in [-0.15, -0.1) is 0 Å². The van der Waals surface area contributed by atoms with Crippen molar-refractivity contribution >= 4 is 12.0 Å². The van der Waals surface area contributed by atoms with E-state index in [1.54, 1.807) is 0 Å². The predicted molar refractivity (Wildman–Crippen MR) is 88.8 cm³/mol. The van der Waals surface area contributed by atoms with Crippen molar-refractivity contribution in [3.63, 3.8) is 0 Å². The lowest BCUT2D eigenvalue weighted by atomic mass is 10.0. The van der Waals surface area contributed by atoms with Crippen LogP contribution in [0.15, 0.2) is 30.3 Å². The highest BCUT2D eigenvalue weighted by atomic mass is 16.4. The van der Waals surface area contributed by atoms with Gasteiger partial charge in [-0.1, -0.05) is 57.0 Å². The Labute approximate surface area is 138 Å². The van der Waals surface area contributed by atoms with Crippen LogP contribution in [0.5, 0.6) is 0 Å². The summed E-state index contributed by atoms with van der Waals surface area (Å²) in [5.41, 5.74) is 0.840. The minimum absolute atomic E-state index is 0.00730. The molecule has 0 bridgehead atoms. The molecule has 0 fully saturated rings. The fraction of sp³-hybridized carbons (Fsp3) is 0.556. The Balaban J connectivity index is 2.43. The number of nitrogens with one attached hydrogen (secondary N) is 2. The molecule has 1 aromatic rings. The average Bonchev–Trinajstić information content (AvgIpc) is 2.47. The van der Waals surface area contributed by atoms with E-state index in [2.05, 4.69) is 24.5 Å². The summed E-state index contributed by atoms with van der Waals surface area (Å²) in [6.45, 7) is 6.25. The third-order valence-electron chi connectivity index (χ3n) is 3.67. The van der Waals surface area contributed by atoms with Crippen molar-refractivity contribution in [3.05, 3.63) is 35.9 Å². The first-order valence-corrected chi connectivity index (χ1v) is 8.20. The Hall–Kier alpha value is -2.04. The molecule has 0 heterocycles. The zero-order chi connectivity index (χ0) is 17.2. The van der Waals surface area contributed by atoms with E-state index in [4.69, 9.17) is 0 Å². The number of carboxylic acid groups (broad SMARTS) is 1. The second kappa shape index (κ2) is 9.87. The van der Waals surface area contributed by atoms with Crippen LogP contribution in [0.3, 0.4) is 0 Å². The number of carbonyl (C=O) groups is 2. The number of hydrogen-bond acceptors (Lipinski definition) is 3. The van der Waals surface area contributed by atoms with Gasteiger partial charge in [-0.2, -0.15) is 0 Å². The van der Waals surface area contributed by atoms with E-state index in [1.807, 2.05) is 37.3 Å². The van der Waals surface area contributed by atoms with E-state index >= 15 is 0 Å². The number of urea groups is 1. The molecule has 1 rings (SSSR count). The second-order valence-electron chi connectivity index (χ2n) is 6.40. The number of carbonyl (C=O) groups excluding carboxylic acids is 2. The van der Waals surface area contributed by atoms with E-state index in [-0.39, 0.29) is 12.5 Å². The van der Waals surface area contributed by atoms with Crippen LogP contribution in [0.1, 0.15) is 45.6 Å². The molecular formula is C18H27N2O3-. The molecule has 0 saturated carbocycles. The Morgan fingerprint density at radius 2 is 1.70 bits per heavy atom. The Morgan fingerprint density at radius 1 is 1.04 bits per heavy atom. The number of hydrogen-bond donors (Lipinski definition) is 2. The summed E-state index contributed by atoms with van der Waals surface area (Å²) >= 11 is 0. The van der Waals surface area contributed by atoms with Crippen molar-refractivity contribution < 1.29 is 14.7 Å². The summed E-state index contributed by atoms with van der Waals surface area (Å²) in [4.78, 5) is 23.2. The highest BCUT2D eigenvalue weighted by Crippen LogP contribution is 2.08. The molecule has 0 spiro atoms. The summed E-state index contributed by atoms with van der Waals surface area (Å²) in [7, 11) is 0. The van der Waals surface area contributed by atoms with Crippen LogP contribution in [0.2, 0.25) is 0 Å². The van der Waals surface area contributed by atoms with Crippen molar-refractivity contribution in [2.45, 2.75) is 58.5 Å². The molecule has 0 aliphatic heterocycles. The summed E-state index contributed by atoms with van der Waals surface area (Å²) in [6, 6.07) is 7.67. The van der Waals surface area contributed by atoms with E-state index in [0.717, 1.165) is 24.8 Å². The lowest BCUT2D eigenvalue weighted by Gasteiger charge is -2.22. The maximum Gasteiger partial charge on any atom is 0.315 e.